The molecule has 0 aliphatic carbocycles. The van der Waals surface area contributed by atoms with Gasteiger partial charge >= 0.3 is 6.18 Å². The minimum Gasteiger partial charge on any atom is -0.314 e. The zero-order chi connectivity index (χ0) is 14.2. The Labute approximate surface area is 114 Å². The van der Waals surface area contributed by atoms with Gasteiger partial charge in [0, 0.05) is 24.9 Å². The predicted octanol–water partition coefficient (Wildman–Crippen LogP) is 3.04. The molecule has 3 heterocycles. The van der Waals surface area contributed by atoms with Crippen LogP contribution in [0.25, 0.3) is 5.65 Å². The topological polar surface area (TPSA) is 29.3 Å². The first-order valence-electron chi connectivity index (χ1n) is 6.80. The highest BCUT2D eigenvalue weighted by atomic mass is 19.4. The van der Waals surface area contributed by atoms with Crippen LogP contribution in [-0.4, -0.2) is 22.0 Å². The molecule has 6 heteroatoms. The first-order valence-corrected chi connectivity index (χ1v) is 6.80. The van der Waals surface area contributed by atoms with Gasteiger partial charge in [0.2, 0.25) is 0 Å². The van der Waals surface area contributed by atoms with Crippen molar-refractivity contribution in [1.29, 1.82) is 0 Å². The van der Waals surface area contributed by atoms with E-state index < -0.39 is 11.7 Å². The average molecular weight is 283 g/mol. The third kappa shape index (κ3) is 2.80. The summed E-state index contributed by atoms with van der Waals surface area (Å²) in [6.45, 7) is 1.01. The number of rotatable bonds is 2. The molecular weight excluding hydrogens is 267 g/mol. The number of halogens is 3. The van der Waals surface area contributed by atoms with Crippen LogP contribution in [0.5, 0.6) is 0 Å². The second-order valence-electron chi connectivity index (χ2n) is 5.26. The molecule has 0 amide bonds. The van der Waals surface area contributed by atoms with Crippen molar-refractivity contribution in [3.05, 3.63) is 35.8 Å². The monoisotopic (exact) mass is 283 g/mol. The van der Waals surface area contributed by atoms with Gasteiger partial charge in [0.05, 0.1) is 11.3 Å². The quantitative estimate of drug-likeness (QED) is 0.918. The van der Waals surface area contributed by atoms with E-state index in [9.17, 15) is 13.2 Å². The maximum absolute atomic E-state index is 12.7. The SMILES string of the molecule is FC(F)(F)c1ccc2nc(CC3CCCCN3)cn2c1. The number of piperidine rings is 1. The van der Waals surface area contributed by atoms with Crippen LogP contribution >= 0.6 is 0 Å². The number of hydrogen-bond acceptors (Lipinski definition) is 2. The number of fused-ring (bicyclic) bond motifs is 1. The standard InChI is InChI=1S/C14H16F3N3/c15-14(16,17)10-4-5-13-19-12(9-20(13)8-10)7-11-3-1-2-6-18-11/h4-5,8-9,11,18H,1-3,6-7H2. The van der Waals surface area contributed by atoms with Crippen molar-refractivity contribution in [2.45, 2.75) is 37.9 Å². The molecule has 0 bridgehead atoms. The molecule has 0 radical (unpaired) electrons. The van der Waals surface area contributed by atoms with E-state index in [1.807, 2.05) is 0 Å². The van der Waals surface area contributed by atoms with Crippen molar-refractivity contribution in [2.75, 3.05) is 6.54 Å². The highest BCUT2D eigenvalue weighted by Crippen LogP contribution is 2.29. The Morgan fingerprint density at radius 3 is 2.80 bits per heavy atom. The number of nitrogens with one attached hydrogen (secondary N) is 1. The predicted molar refractivity (Wildman–Crippen MR) is 69.5 cm³/mol. The number of hydrogen-bond donors (Lipinski definition) is 1. The Kier molecular flexibility index (Phi) is 3.41. The van der Waals surface area contributed by atoms with E-state index in [0.717, 1.165) is 37.3 Å². The number of aromatic nitrogens is 2. The average Bonchev–Trinajstić information content (AvgIpc) is 2.80. The Bertz CT molecular complexity index is 597. The fourth-order valence-electron chi connectivity index (χ4n) is 2.66. The minimum atomic E-state index is -4.32. The van der Waals surface area contributed by atoms with Gasteiger partial charge < -0.3 is 9.72 Å². The van der Waals surface area contributed by atoms with E-state index in [1.54, 1.807) is 6.20 Å². The summed E-state index contributed by atoms with van der Waals surface area (Å²) in [5, 5.41) is 3.42. The van der Waals surface area contributed by atoms with Gasteiger partial charge in [0.25, 0.3) is 0 Å². The molecule has 1 aliphatic heterocycles. The number of alkyl halides is 3. The fraction of sp³-hybridized carbons (Fsp3) is 0.500. The Morgan fingerprint density at radius 2 is 2.10 bits per heavy atom. The van der Waals surface area contributed by atoms with E-state index in [2.05, 4.69) is 10.3 Å². The molecule has 2 aromatic rings. The Morgan fingerprint density at radius 1 is 1.25 bits per heavy atom. The molecule has 1 N–H and O–H groups in total. The van der Waals surface area contributed by atoms with Crippen LogP contribution in [-0.2, 0) is 12.6 Å². The normalized spacial score (nSPS) is 20.4. The highest BCUT2D eigenvalue weighted by molar-refractivity contribution is 5.42. The van der Waals surface area contributed by atoms with Crippen LogP contribution in [0.2, 0.25) is 0 Å². The number of nitrogens with zero attached hydrogens (tertiary/aromatic N) is 2. The molecule has 0 spiro atoms. The summed E-state index contributed by atoms with van der Waals surface area (Å²) in [7, 11) is 0. The maximum atomic E-state index is 12.7. The molecule has 3 rings (SSSR count). The molecule has 0 aromatic carbocycles. The lowest BCUT2D eigenvalue weighted by molar-refractivity contribution is -0.137. The maximum Gasteiger partial charge on any atom is 0.417 e. The lowest BCUT2D eigenvalue weighted by Crippen LogP contribution is -2.35. The summed E-state index contributed by atoms with van der Waals surface area (Å²) < 4.78 is 39.4. The van der Waals surface area contributed by atoms with Crippen molar-refractivity contribution < 1.29 is 13.2 Å². The van der Waals surface area contributed by atoms with Gasteiger partial charge in [0.15, 0.2) is 0 Å². The zero-order valence-corrected chi connectivity index (χ0v) is 11.0. The summed E-state index contributed by atoms with van der Waals surface area (Å²) in [6, 6.07) is 2.88. The van der Waals surface area contributed by atoms with Crippen LogP contribution in [0.15, 0.2) is 24.5 Å². The zero-order valence-electron chi connectivity index (χ0n) is 11.0. The summed E-state index contributed by atoms with van der Waals surface area (Å²) in [5.41, 5.74) is 0.747. The van der Waals surface area contributed by atoms with E-state index in [4.69, 9.17) is 0 Å². The minimum absolute atomic E-state index is 0.385. The first-order chi connectivity index (χ1) is 9.52. The second kappa shape index (κ2) is 5.09. The number of imidazole rings is 1. The Balaban J connectivity index is 1.83. The smallest absolute Gasteiger partial charge is 0.314 e. The van der Waals surface area contributed by atoms with Crippen LogP contribution in [0.3, 0.4) is 0 Å². The van der Waals surface area contributed by atoms with Crippen molar-refractivity contribution in [3.63, 3.8) is 0 Å². The third-order valence-corrected chi connectivity index (χ3v) is 3.70. The summed E-state index contributed by atoms with van der Waals surface area (Å²) in [5.74, 6) is 0. The molecule has 20 heavy (non-hydrogen) atoms. The van der Waals surface area contributed by atoms with Crippen molar-refractivity contribution >= 4 is 5.65 Å². The highest BCUT2D eigenvalue weighted by Gasteiger charge is 2.30. The van der Waals surface area contributed by atoms with E-state index >= 15 is 0 Å². The summed E-state index contributed by atoms with van der Waals surface area (Å²) >= 11 is 0. The lowest BCUT2D eigenvalue weighted by atomic mass is 10.0. The van der Waals surface area contributed by atoms with E-state index in [0.29, 0.717) is 11.7 Å². The van der Waals surface area contributed by atoms with E-state index in [-0.39, 0.29) is 0 Å². The summed E-state index contributed by atoms with van der Waals surface area (Å²) in [6.07, 6.45) is 2.73. The van der Waals surface area contributed by atoms with Crippen molar-refractivity contribution in [2.24, 2.45) is 0 Å². The van der Waals surface area contributed by atoms with Gasteiger partial charge in [0.1, 0.15) is 5.65 Å². The van der Waals surface area contributed by atoms with Crippen LogP contribution in [0.1, 0.15) is 30.5 Å². The molecule has 1 saturated heterocycles. The largest absolute Gasteiger partial charge is 0.417 e. The molecule has 1 unspecified atom stereocenters. The molecule has 108 valence electrons. The molecule has 2 aromatic heterocycles. The van der Waals surface area contributed by atoms with Gasteiger partial charge in [-0.25, -0.2) is 4.98 Å². The first kappa shape index (κ1) is 13.4. The molecule has 1 atom stereocenters. The van der Waals surface area contributed by atoms with Crippen LogP contribution < -0.4 is 5.32 Å². The van der Waals surface area contributed by atoms with E-state index in [1.165, 1.54) is 23.3 Å². The Hall–Kier alpha value is -1.56. The van der Waals surface area contributed by atoms with Gasteiger partial charge in [-0.1, -0.05) is 6.42 Å². The number of pyridine rings is 1. The van der Waals surface area contributed by atoms with Crippen molar-refractivity contribution in [1.82, 2.24) is 14.7 Å². The van der Waals surface area contributed by atoms with Crippen molar-refractivity contribution in [3.8, 4) is 0 Å². The molecular formula is C14H16F3N3. The second-order valence-corrected chi connectivity index (χ2v) is 5.26. The fourth-order valence-corrected chi connectivity index (χ4v) is 2.66. The van der Waals surface area contributed by atoms with Crippen LogP contribution in [0.4, 0.5) is 13.2 Å². The van der Waals surface area contributed by atoms with Gasteiger partial charge in [-0.15, -0.1) is 0 Å². The molecule has 1 fully saturated rings. The van der Waals surface area contributed by atoms with Gasteiger partial charge in [-0.2, -0.15) is 13.2 Å². The van der Waals surface area contributed by atoms with Crippen LogP contribution in [0, 0.1) is 0 Å². The summed E-state index contributed by atoms with van der Waals surface area (Å²) in [4.78, 5) is 4.39. The van der Waals surface area contributed by atoms with Gasteiger partial charge in [-0.3, -0.25) is 0 Å². The third-order valence-electron chi connectivity index (χ3n) is 3.70. The molecule has 1 aliphatic rings. The van der Waals surface area contributed by atoms with Gasteiger partial charge in [-0.05, 0) is 31.5 Å². The molecule has 3 nitrogen and oxygen atoms in total. The lowest BCUT2D eigenvalue weighted by Gasteiger charge is -2.22. The molecule has 0 saturated carbocycles.